The Hall–Kier alpha value is -1.91. The summed E-state index contributed by atoms with van der Waals surface area (Å²) >= 11 is 0. The molecule has 0 radical (unpaired) electrons. The summed E-state index contributed by atoms with van der Waals surface area (Å²) in [6.45, 7) is 7.26. The van der Waals surface area contributed by atoms with Crippen molar-refractivity contribution in [1.29, 1.82) is 0 Å². The van der Waals surface area contributed by atoms with Gasteiger partial charge in [-0.1, -0.05) is 32.0 Å². The van der Waals surface area contributed by atoms with Crippen LogP contribution in [0.5, 0.6) is 11.5 Å². The largest absolute Gasteiger partial charge is 0.456 e. The van der Waals surface area contributed by atoms with Gasteiger partial charge in [-0.25, -0.2) is 0 Å². The number of hydrogen-bond donors (Lipinski definition) is 2. The quantitative estimate of drug-likeness (QED) is 0.775. The number of hydrogen-bond acceptors (Lipinski definition) is 4. The molecule has 0 aliphatic carbocycles. The van der Waals surface area contributed by atoms with Crippen molar-refractivity contribution in [3.63, 3.8) is 0 Å². The fourth-order valence-electron chi connectivity index (χ4n) is 2.14. The first-order valence-corrected chi connectivity index (χ1v) is 8.03. The number of ether oxygens (including phenoxy) is 1. The third kappa shape index (κ3) is 5.66. The molecule has 0 bridgehead atoms. The minimum Gasteiger partial charge on any atom is -0.456 e. The van der Waals surface area contributed by atoms with Gasteiger partial charge in [0.05, 0.1) is 11.9 Å². The van der Waals surface area contributed by atoms with Crippen LogP contribution in [0.4, 0.5) is 0 Å². The van der Waals surface area contributed by atoms with Gasteiger partial charge in [0, 0.05) is 12.6 Å². The molecule has 0 aliphatic heterocycles. The molecule has 1 heterocycles. The maximum absolute atomic E-state index is 9.27. The van der Waals surface area contributed by atoms with Crippen molar-refractivity contribution in [2.45, 2.75) is 33.2 Å². The predicted molar refractivity (Wildman–Crippen MR) is 92.7 cm³/mol. The van der Waals surface area contributed by atoms with E-state index >= 15 is 0 Å². The average Bonchev–Trinajstić information content (AvgIpc) is 2.56. The zero-order valence-corrected chi connectivity index (χ0v) is 14.1. The van der Waals surface area contributed by atoms with E-state index in [9.17, 15) is 5.11 Å². The number of para-hydroxylation sites is 1. The van der Waals surface area contributed by atoms with Gasteiger partial charge in [0.2, 0.25) is 0 Å². The van der Waals surface area contributed by atoms with Gasteiger partial charge < -0.3 is 15.2 Å². The number of aliphatic hydroxyl groups is 1. The molecule has 1 unspecified atom stereocenters. The molecule has 2 aromatic rings. The van der Waals surface area contributed by atoms with Crippen molar-refractivity contribution in [1.82, 2.24) is 10.3 Å². The summed E-state index contributed by atoms with van der Waals surface area (Å²) in [6, 6.07) is 13.8. The fourth-order valence-corrected chi connectivity index (χ4v) is 2.14. The number of nitrogens with one attached hydrogen (secondary N) is 1. The third-order valence-electron chi connectivity index (χ3n) is 3.86. The second-order valence-corrected chi connectivity index (χ2v) is 6.58. The van der Waals surface area contributed by atoms with E-state index in [-0.39, 0.29) is 18.1 Å². The second-order valence-electron chi connectivity index (χ2n) is 6.58. The Morgan fingerprint density at radius 1 is 1.13 bits per heavy atom. The Balaban J connectivity index is 1.86. The molecule has 4 nitrogen and oxygen atoms in total. The summed E-state index contributed by atoms with van der Waals surface area (Å²) in [7, 11) is 0. The zero-order valence-electron chi connectivity index (χ0n) is 14.1. The van der Waals surface area contributed by atoms with Gasteiger partial charge in [-0.3, -0.25) is 4.98 Å². The highest BCUT2D eigenvalue weighted by Gasteiger charge is 2.16. The molecule has 0 aliphatic rings. The zero-order chi connectivity index (χ0) is 16.7. The summed E-state index contributed by atoms with van der Waals surface area (Å²) in [4.78, 5) is 4.47. The molecule has 0 fully saturated rings. The molecule has 124 valence electrons. The van der Waals surface area contributed by atoms with E-state index < -0.39 is 0 Å². The molecule has 4 heteroatoms. The van der Waals surface area contributed by atoms with Crippen molar-refractivity contribution in [3.8, 4) is 11.5 Å². The second kappa shape index (κ2) is 8.09. The molecular formula is C19H26N2O2. The Labute approximate surface area is 138 Å². The van der Waals surface area contributed by atoms with Crippen LogP contribution in [-0.2, 0) is 0 Å². The monoisotopic (exact) mass is 314 g/mol. The Morgan fingerprint density at radius 2 is 1.87 bits per heavy atom. The van der Waals surface area contributed by atoms with Crippen molar-refractivity contribution >= 4 is 0 Å². The first-order valence-electron chi connectivity index (χ1n) is 8.03. The molecule has 23 heavy (non-hydrogen) atoms. The first-order chi connectivity index (χ1) is 11.0. The summed E-state index contributed by atoms with van der Waals surface area (Å²) in [5, 5.41) is 12.7. The van der Waals surface area contributed by atoms with Gasteiger partial charge in [0.1, 0.15) is 11.5 Å². The van der Waals surface area contributed by atoms with Gasteiger partial charge in [-0.15, -0.1) is 0 Å². The smallest absolute Gasteiger partial charge is 0.145 e. The molecule has 0 saturated heterocycles. The van der Waals surface area contributed by atoms with E-state index in [1.807, 2.05) is 42.5 Å². The lowest BCUT2D eigenvalue weighted by Gasteiger charge is -2.23. The van der Waals surface area contributed by atoms with E-state index in [2.05, 4.69) is 31.1 Å². The van der Waals surface area contributed by atoms with Crippen LogP contribution in [0, 0.1) is 5.41 Å². The van der Waals surface area contributed by atoms with Crippen LogP contribution < -0.4 is 10.1 Å². The Bertz CT molecular complexity index is 582. The van der Waals surface area contributed by atoms with Gasteiger partial charge in [0.15, 0.2) is 0 Å². The number of aromatic nitrogens is 1. The molecule has 1 aromatic carbocycles. The molecular weight excluding hydrogens is 288 g/mol. The minimum absolute atomic E-state index is 0.0481. The maximum Gasteiger partial charge on any atom is 0.145 e. The van der Waals surface area contributed by atoms with Gasteiger partial charge in [0.25, 0.3) is 0 Å². The third-order valence-corrected chi connectivity index (χ3v) is 3.86. The van der Waals surface area contributed by atoms with Crippen LogP contribution >= 0.6 is 0 Å². The molecule has 0 amide bonds. The van der Waals surface area contributed by atoms with Gasteiger partial charge in [-0.2, -0.15) is 0 Å². The SMILES string of the molecule is CC(NCCC(C)(C)CO)c1ccc(Oc2ccccc2)cn1. The molecule has 2 rings (SSSR count). The van der Waals surface area contributed by atoms with Crippen molar-refractivity contribution in [3.05, 3.63) is 54.4 Å². The summed E-state index contributed by atoms with van der Waals surface area (Å²) in [5.41, 5.74) is 0.931. The van der Waals surface area contributed by atoms with E-state index in [1.54, 1.807) is 6.20 Å². The van der Waals surface area contributed by atoms with Crippen molar-refractivity contribution < 1.29 is 9.84 Å². The maximum atomic E-state index is 9.27. The van der Waals surface area contributed by atoms with Gasteiger partial charge in [-0.05, 0) is 49.6 Å². The lowest BCUT2D eigenvalue weighted by molar-refractivity contribution is 0.149. The van der Waals surface area contributed by atoms with E-state index in [1.165, 1.54) is 0 Å². The highest BCUT2D eigenvalue weighted by molar-refractivity contribution is 5.29. The van der Waals surface area contributed by atoms with Gasteiger partial charge >= 0.3 is 0 Å². The standard InChI is InChI=1S/C19H26N2O2/c1-15(20-12-11-19(2,3)14-22)18-10-9-17(13-21-18)23-16-7-5-4-6-8-16/h4-10,13,15,20,22H,11-12,14H2,1-3H3. The highest BCUT2D eigenvalue weighted by atomic mass is 16.5. The molecule has 1 atom stereocenters. The number of rotatable bonds is 8. The Kier molecular flexibility index (Phi) is 6.13. The van der Waals surface area contributed by atoms with Crippen LogP contribution in [0.15, 0.2) is 48.7 Å². The number of nitrogens with zero attached hydrogens (tertiary/aromatic N) is 1. The van der Waals surface area contributed by atoms with Crippen LogP contribution in [0.2, 0.25) is 0 Å². The van der Waals surface area contributed by atoms with E-state index in [0.29, 0.717) is 0 Å². The number of pyridine rings is 1. The lowest BCUT2D eigenvalue weighted by atomic mass is 9.90. The van der Waals surface area contributed by atoms with Crippen LogP contribution in [0.25, 0.3) is 0 Å². The molecule has 0 saturated carbocycles. The predicted octanol–water partition coefficient (Wildman–Crippen LogP) is 3.93. The summed E-state index contributed by atoms with van der Waals surface area (Å²) < 4.78 is 5.74. The van der Waals surface area contributed by atoms with Crippen LogP contribution in [0.1, 0.15) is 38.9 Å². The first kappa shape index (κ1) is 17.4. The average molecular weight is 314 g/mol. The van der Waals surface area contributed by atoms with E-state index in [4.69, 9.17) is 4.74 Å². The van der Waals surface area contributed by atoms with Crippen LogP contribution in [-0.4, -0.2) is 23.2 Å². The van der Waals surface area contributed by atoms with Crippen LogP contribution in [0.3, 0.4) is 0 Å². The van der Waals surface area contributed by atoms with Crippen molar-refractivity contribution in [2.75, 3.05) is 13.2 Å². The van der Waals surface area contributed by atoms with Crippen molar-refractivity contribution in [2.24, 2.45) is 5.41 Å². The Morgan fingerprint density at radius 3 is 2.48 bits per heavy atom. The topological polar surface area (TPSA) is 54.4 Å². The number of benzene rings is 1. The highest BCUT2D eigenvalue weighted by Crippen LogP contribution is 2.22. The molecule has 2 N–H and O–H groups in total. The molecule has 0 spiro atoms. The number of aliphatic hydroxyl groups excluding tert-OH is 1. The molecule has 1 aromatic heterocycles. The lowest BCUT2D eigenvalue weighted by Crippen LogP contribution is -2.27. The fraction of sp³-hybridized carbons (Fsp3) is 0.421. The summed E-state index contributed by atoms with van der Waals surface area (Å²) in [6.07, 6.45) is 2.67. The minimum atomic E-state index is -0.0481. The normalized spacial score (nSPS) is 12.9. The van der Waals surface area contributed by atoms with E-state index in [0.717, 1.165) is 30.2 Å². The summed E-state index contributed by atoms with van der Waals surface area (Å²) in [5.74, 6) is 1.54.